The van der Waals surface area contributed by atoms with Crippen LogP contribution in [0.3, 0.4) is 0 Å². The van der Waals surface area contributed by atoms with E-state index in [1.54, 1.807) is 7.05 Å². The summed E-state index contributed by atoms with van der Waals surface area (Å²) in [4.78, 5) is 11.6. The first-order valence-corrected chi connectivity index (χ1v) is 2.04. The number of hydrogen-bond acceptors (Lipinski definition) is 1. The standard InChI is InChI=1S/C5H9NO.W/c1-4-6(3)5(2)7;/h1-2,4H2,3H3;/q-2;+2. The fraction of sp³-hybridized carbons (Fsp3) is 0.400. The topological polar surface area (TPSA) is 20.3 Å². The molecule has 0 bridgehead atoms. The molecule has 0 fully saturated rings. The van der Waals surface area contributed by atoms with Crippen LogP contribution >= 0.6 is 0 Å². The maximum Gasteiger partial charge on any atom is 2.00 e. The molecule has 0 aromatic rings. The van der Waals surface area contributed by atoms with Crippen molar-refractivity contribution >= 4 is 5.91 Å². The zero-order valence-electron chi connectivity index (χ0n) is 4.89. The molecule has 0 saturated heterocycles. The van der Waals surface area contributed by atoms with Crippen LogP contribution in [0.15, 0.2) is 0 Å². The molecular formula is C5H9NOW. The van der Waals surface area contributed by atoms with Gasteiger partial charge in [0.25, 0.3) is 0 Å². The van der Waals surface area contributed by atoms with E-state index < -0.39 is 0 Å². The molecule has 0 aliphatic rings. The first-order chi connectivity index (χ1) is 3.18. The van der Waals surface area contributed by atoms with Crippen molar-refractivity contribution in [1.82, 2.24) is 4.90 Å². The number of carbonyl (C=O) groups is 1. The van der Waals surface area contributed by atoms with Crippen LogP contribution in [-0.4, -0.2) is 24.4 Å². The number of rotatable bonds is 1. The summed E-state index contributed by atoms with van der Waals surface area (Å²) in [6, 6.07) is 0. The minimum Gasteiger partial charge on any atom is -0.401 e. The quantitative estimate of drug-likeness (QED) is 0.626. The molecule has 2 nitrogen and oxygen atoms in total. The molecule has 46 valence electrons. The van der Waals surface area contributed by atoms with Gasteiger partial charge in [-0.1, -0.05) is 0 Å². The van der Waals surface area contributed by atoms with Crippen LogP contribution in [0.25, 0.3) is 0 Å². The normalized spacial score (nSPS) is 7.25. The molecule has 8 heavy (non-hydrogen) atoms. The number of amides is 1. The van der Waals surface area contributed by atoms with Gasteiger partial charge in [0, 0.05) is 7.05 Å². The van der Waals surface area contributed by atoms with E-state index in [9.17, 15) is 4.79 Å². The van der Waals surface area contributed by atoms with Crippen molar-refractivity contribution in [3.05, 3.63) is 13.8 Å². The minimum absolute atomic E-state index is 0. The average molecular weight is 283 g/mol. The van der Waals surface area contributed by atoms with Crippen LogP contribution in [0.4, 0.5) is 0 Å². The van der Waals surface area contributed by atoms with Crippen molar-refractivity contribution in [1.29, 1.82) is 0 Å². The van der Waals surface area contributed by atoms with Gasteiger partial charge in [0.05, 0.1) is 5.91 Å². The van der Waals surface area contributed by atoms with Gasteiger partial charge in [0.1, 0.15) is 0 Å². The zero-order chi connectivity index (χ0) is 5.86. The third-order valence-corrected chi connectivity index (χ3v) is 0.761. The van der Waals surface area contributed by atoms with Crippen molar-refractivity contribution in [3.8, 4) is 0 Å². The Labute approximate surface area is 64.5 Å². The van der Waals surface area contributed by atoms with E-state index in [0.717, 1.165) is 0 Å². The van der Waals surface area contributed by atoms with Gasteiger partial charge < -0.3 is 23.5 Å². The Bertz CT molecular complexity index is 74.8. The van der Waals surface area contributed by atoms with Gasteiger partial charge in [-0.05, 0) is 0 Å². The molecule has 0 heterocycles. The first-order valence-electron chi connectivity index (χ1n) is 2.04. The smallest absolute Gasteiger partial charge is 0.401 e. The van der Waals surface area contributed by atoms with Crippen molar-refractivity contribution in [2.75, 3.05) is 13.6 Å². The number of nitrogens with zero attached hydrogens (tertiary/aromatic N) is 1. The molecule has 0 saturated carbocycles. The van der Waals surface area contributed by atoms with Gasteiger partial charge in [-0.3, -0.25) is 0 Å². The second-order valence-electron chi connectivity index (χ2n) is 1.32. The van der Waals surface area contributed by atoms with Crippen molar-refractivity contribution < 1.29 is 25.9 Å². The molecule has 3 heteroatoms. The van der Waals surface area contributed by atoms with E-state index >= 15 is 0 Å². The molecule has 0 atom stereocenters. The number of hydrogen-bond donors (Lipinski definition) is 0. The molecule has 0 aromatic carbocycles. The van der Waals surface area contributed by atoms with Gasteiger partial charge in [-0.2, -0.15) is 0 Å². The second kappa shape index (κ2) is 5.17. The van der Waals surface area contributed by atoms with E-state index in [1.165, 1.54) is 4.90 Å². The SMILES string of the molecule is [CH2-]CN(C)C([CH2-])=O.[W+2]. The van der Waals surface area contributed by atoms with Crippen LogP contribution in [0.2, 0.25) is 0 Å². The molecule has 1 amide bonds. The molecule has 0 N–H and O–H groups in total. The third kappa shape index (κ3) is 4.19. The Balaban J connectivity index is 0. The molecule has 0 aromatic heterocycles. The summed E-state index contributed by atoms with van der Waals surface area (Å²) in [5.74, 6) is -0.185. The Kier molecular flexibility index (Phi) is 7.05. The summed E-state index contributed by atoms with van der Waals surface area (Å²) < 4.78 is 0. The van der Waals surface area contributed by atoms with E-state index in [-0.39, 0.29) is 27.0 Å². The summed E-state index contributed by atoms with van der Waals surface area (Å²) in [5, 5.41) is 0. The van der Waals surface area contributed by atoms with Crippen LogP contribution < -0.4 is 0 Å². The molecule has 0 unspecified atom stereocenters. The molecule has 0 radical (unpaired) electrons. The van der Waals surface area contributed by atoms with Crippen LogP contribution in [0.1, 0.15) is 0 Å². The molecule has 0 rings (SSSR count). The van der Waals surface area contributed by atoms with Crippen molar-refractivity contribution in [2.45, 2.75) is 0 Å². The van der Waals surface area contributed by atoms with Gasteiger partial charge >= 0.3 is 21.1 Å². The van der Waals surface area contributed by atoms with E-state index in [0.29, 0.717) is 6.54 Å². The Morgan fingerprint density at radius 2 is 2.12 bits per heavy atom. The zero-order valence-corrected chi connectivity index (χ0v) is 7.82. The van der Waals surface area contributed by atoms with E-state index in [2.05, 4.69) is 13.8 Å². The predicted molar refractivity (Wildman–Crippen MR) is 28.4 cm³/mol. The fourth-order valence-corrected chi connectivity index (χ4v) is 0.125. The maximum atomic E-state index is 10.1. The molecule has 0 aliphatic carbocycles. The molecule has 0 spiro atoms. The summed E-state index contributed by atoms with van der Waals surface area (Å²) >= 11 is 0. The van der Waals surface area contributed by atoms with Gasteiger partial charge in [-0.25, -0.2) is 0 Å². The van der Waals surface area contributed by atoms with Gasteiger partial charge in [0.15, 0.2) is 0 Å². The summed E-state index contributed by atoms with van der Waals surface area (Å²) in [5.41, 5.74) is 0. The maximum absolute atomic E-state index is 10.1. The Morgan fingerprint density at radius 1 is 1.75 bits per heavy atom. The summed E-state index contributed by atoms with van der Waals surface area (Å²) in [6.45, 7) is 7.12. The fourth-order valence-electron chi connectivity index (χ4n) is 0.125. The van der Waals surface area contributed by atoms with Gasteiger partial charge in [0.2, 0.25) is 0 Å². The Hall–Kier alpha value is 0.0283. The molecular weight excluding hydrogens is 274 g/mol. The van der Waals surface area contributed by atoms with Crippen molar-refractivity contribution in [2.24, 2.45) is 0 Å². The third-order valence-electron chi connectivity index (χ3n) is 0.761. The largest absolute Gasteiger partial charge is 2.00 e. The van der Waals surface area contributed by atoms with Crippen LogP contribution in [0.5, 0.6) is 0 Å². The number of carbonyl (C=O) groups excluding carboxylic acids is 1. The van der Waals surface area contributed by atoms with E-state index in [4.69, 9.17) is 0 Å². The Morgan fingerprint density at radius 3 is 2.12 bits per heavy atom. The summed E-state index contributed by atoms with van der Waals surface area (Å²) in [7, 11) is 1.66. The second-order valence-corrected chi connectivity index (χ2v) is 1.32. The van der Waals surface area contributed by atoms with E-state index in [1.807, 2.05) is 0 Å². The van der Waals surface area contributed by atoms with Gasteiger partial charge in [-0.15, -0.1) is 6.54 Å². The van der Waals surface area contributed by atoms with Crippen molar-refractivity contribution in [3.63, 3.8) is 0 Å². The first kappa shape index (κ1) is 10.9. The monoisotopic (exact) mass is 283 g/mol. The minimum atomic E-state index is -0.185. The summed E-state index contributed by atoms with van der Waals surface area (Å²) in [6.07, 6.45) is 0. The molecule has 0 aliphatic heterocycles. The van der Waals surface area contributed by atoms with Crippen LogP contribution in [0, 0.1) is 13.8 Å². The predicted octanol–water partition coefficient (Wildman–Crippen LogP) is 0.110. The average Bonchev–Trinajstić information content (AvgIpc) is 1.65. The van der Waals surface area contributed by atoms with Crippen LogP contribution in [-0.2, 0) is 25.9 Å².